The molecule has 0 spiro atoms. The monoisotopic (exact) mass is 232 g/mol. The van der Waals surface area contributed by atoms with E-state index in [1.807, 2.05) is 0 Å². The summed E-state index contributed by atoms with van der Waals surface area (Å²) < 4.78 is 0. The molecule has 0 aliphatic carbocycles. The normalized spacial score (nSPS) is 20.0. The molecule has 0 saturated carbocycles. The molecule has 1 atom stereocenters. The summed E-state index contributed by atoms with van der Waals surface area (Å²) in [6.07, 6.45) is 3.75. The fourth-order valence-electron chi connectivity index (χ4n) is 2.63. The molecule has 1 aliphatic heterocycles. The molecule has 2 heteroatoms. The minimum atomic E-state index is 0.763. The van der Waals surface area contributed by atoms with Crippen molar-refractivity contribution in [3.05, 3.63) is 35.9 Å². The van der Waals surface area contributed by atoms with Crippen LogP contribution in [0.15, 0.2) is 30.3 Å². The number of benzene rings is 1. The zero-order valence-corrected chi connectivity index (χ0v) is 10.9. The lowest BCUT2D eigenvalue weighted by atomic mass is 10.1. The maximum absolute atomic E-state index is 3.47. The van der Waals surface area contributed by atoms with Crippen molar-refractivity contribution in [3.63, 3.8) is 0 Å². The van der Waals surface area contributed by atoms with Crippen LogP contribution in [0, 0.1) is 0 Å². The van der Waals surface area contributed by atoms with Crippen molar-refractivity contribution in [1.29, 1.82) is 0 Å². The summed E-state index contributed by atoms with van der Waals surface area (Å²) >= 11 is 0. The van der Waals surface area contributed by atoms with E-state index in [9.17, 15) is 0 Å². The average Bonchev–Trinajstić information content (AvgIpc) is 2.89. The smallest absolute Gasteiger partial charge is 0.0232 e. The first kappa shape index (κ1) is 12.6. The predicted molar refractivity (Wildman–Crippen MR) is 73.3 cm³/mol. The maximum atomic E-state index is 3.47. The van der Waals surface area contributed by atoms with Crippen LogP contribution < -0.4 is 5.32 Å². The molecule has 0 bridgehead atoms. The van der Waals surface area contributed by atoms with E-state index in [4.69, 9.17) is 0 Å². The maximum Gasteiger partial charge on any atom is 0.0232 e. The number of hydrogen-bond donors (Lipinski definition) is 1. The molecule has 0 radical (unpaired) electrons. The van der Waals surface area contributed by atoms with Crippen LogP contribution >= 0.6 is 0 Å². The summed E-state index contributed by atoms with van der Waals surface area (Å²) in [5, 5.41) is 3.47. The first-order chi connectivity index (χ1) is 8.40. The van der Waals surface area contributed by atoms with Gasteiger partial charge in [-0.3, -0.25) is 4.90 Å². The van der Waals surface area contributed by atoms with Crippen molar-refractivity contribution < 1.29 is 0 Å². The molecule has 1 aliphatic rings. The van der Waals surface area contributed by atoms with E-state index in [-0.39, 0.29) is 0 Å². The molecule has 2 rings (SSSR count). The van der Waals surface area contributed by atoms with Crippen molar-refractivity contribution in [1.82, 2.24) is 10.2 Å². The van der Waals surface area contributed by atoms with Crippen LogP contribution in [0.3, 0.4) is 0 Å². The lowest BCUT2D eigenvalue weighted by Crippen LogP contribution is -2.38. The van der Waals surface area contributed by atoms with Crippen LogP contribution in [0.2, 0.25) is 0 Å². The Morgan fingerprint density at radius 2 is 2.06 bits per heavy atom. The Morgan fingerprint density at radius 1 is 1.24 bits per heavy atom. The van der Waals surface area contributed by atoms with E-state index in [1.54, 1.807) is 0 Å². The van der Waals surface area contributed by atoms with Crippen LogP contribution in [-0.2, 0) is 6.42 Å². The highest BCUT2D eigenvalue weighted by Crippen LogP contribution is 2.11. The lowest BCUT2D eigenvalue weighted by molar-refractivity contribution is 0.211. The van der Waals surface area contributed by atoms with Gasteiger partial charge in [0.2, 0.25) is 0 Å². The zero-order chi connectivity index (χ0) is 11.9. The van der Waals surface area contributed by atoms with E-state index in [2.05, 4.69) is 47.5 Å². The molecular weight excluding hydrogens is 208 g/mol. The van der Waals surface area contributed by atoms with Gasteiger partial charge in [-0.05, 0) is 37.9 Å². The standard InChI is InChI=1S/C15H24N2/c1-2-11-17(15-8-10-16-13-15)12-9-14-6-4-3-5-7-14/h3-7,15-16H,2,8-13H2,1H3. The van der Waals surface area contributed by atoms with Crippen molar-refractivity contribution in [2.24, 2.45) is 0 Å². The van der Waals surface area contributed by atoms with Gasteiger partial charge in [0.15, 0.2) is 0 Å². The first-order valence-electron chi connectivity index (χ1n) is 6.89. The van der Waals surface area contributed by atoms with Gasteiger partial charge in [-0.1, -0.05) is 37.3 Å². The third kappa shape index (κ3) is 3.83. The largest absolute Gasteiger partial charge is 0.315 e. The average molecular weight is 232 g/mol. The third-order valence-corrected chi connectivity index (χ3v) is 3.59. The summed E-state index contributed by atoms with van der Waals surface area (Å²) in [5.41, 5.74) is 1.46. The molecular formula is C15H24N2. The van der Waals surface area contributed by atoms with Gasteiger partial charge in [-0.2, -0.15) is 0 Å². The molecule has 1 unspecified atom stereocenters. The molecule has 2 nitrogen and oxygen atoms in total. The van der Waals surface area contributed by atoms with E-state index in [1.165, 1.54) is 51.0 Å². The molecule has 1 saturated heterocycles. The van der Waals surface area contributed by atoms with Crippen LogP contribution in [-0.4, -0.2) is 37.1 Å². The summed E-state index contributed by atoms with van der Waals surface area (Å²) in [4.78, 5) is 2.66. The Balaban J connectivity index is 1.84. The topological polar surface area (TPSA) is 15.3 Å². The van der Waals surface area contributed by atoms with Crippen molar-refractivity contribution in [3.8, 4) is 0 Å². The van der Waals surface area contributed by atoms with Crippen LogP contribution in [0.4, 0.5) is 0 Å². The second kappa shape index (κ2) is 6.77. The predicted octanol–water partition coefficient (Wildman–Crippen LogP) is 2.30. The summed E-state index contributed by atoms with van der Waals surface area (Å²) in [5.74, 6) is 0. The van der Waals surface area contributed by atoms with Gasteiger partial charge < -0.3 is 5.32 Å². The van der Waals surface area contributed by atoms with E-state index in [0.717, 1.165) is 6.04 Å². The minimum absolute atomic E-state index is 0.763. The molecule has 0 amide bonds. The van der Waals surface area contributed by atoms with Gasteiger partial charge in [-0.15, -0.1) is 0 Å². The molecule has 1 aromatic carbocycles. The molecule has 1 heterocycles. The number of rotatable bonds is 6. The van der Waals surface area contributed by atoms with E-state index in [0.29, 0.717) is 0 Å². The number of hydrogen-bond acceptors (Lipinski definition) is 2. The van der Waals surface area contributed by atoms with Gasteiger partial charge in [0, 0.05) is 19.1 Å². The molecule has 1 fully saturated rings. The van der Waals surface area contributed by atoms with Crippen molar-refractivity contribution in [2.45, 2.75) is 32.2 Å². The summed E-state index contributed by atoms with van der Waals surface area (Å²) in [7, 11) is 0. The zero-order valence-electron chi connectivity index (χ0n) is 10.9. The van der Waals surface area contributed by atoms with Crippen molar-refractivity contribution in [2.75, 3.05) is 26.2 Å². The Morgan fingerprint density at radius 3 is 2.71 bits per heavy atom. The minimum Gasteiger partial charge on any atom is -0.315 e. The second-order valence-electron chi connectivity index (χ2n) is 4.92. The highest BCUT2D eigenvalue weighted by molar-refractivity contribution is 5.14. The fraction of sp³-hybridized carbons (Fsp3) is 0.600. The molecule has 0 aromatic heterocycles. The lowest BCUT2D eigenvalue weighted by Gasteiger charge is -2.27. The van der Waals surface area contributed by atoms with Crippen molar-refractivity contribution >= 4 is 0 Å². The molecule has 1 N–H and O–H groups in total. The number of nitrogens with one attached hydrogen (secondary N) is 1. The van der Waals surface area contributed by atoms with Gasteiger partial charge in [0.05, 0.1) is 0 Å². The molecule has 94 valence electrons. The third-order valence-electron chi connectivity index (χ3n) is 3.59. The Kier molecular flexibility index (Phi) is 5.02. The van der Waals surface area contributed by atoms with Gasteiger partial charge in [0.25, 0.3) is 0 Å². The fourth-order valence-corrected chi connectivity index (χ4v) is 2.63. The van der Waals surface area contributed by atoms with Crippen LogP contribution in [0.1, 0.15) is 25.3 Å². The number of nitrogens with zero attached hydrogens (tertiary/aromatic N) is 1. The molecule has 17 heavy (non-hydrogen) atoms. The summed E-state index contributed by atoms with van der Waals surface area (Å²) in [6, 6.07) is 11.6. The van der Waals surface area contributed by atoms with E-state index < -0.39 is 0 Å². The van der Waals surface area contributed by atoms with E-state index >= 15 is 0 Å². The van der Waals surface area contributed by atoms with Gasteiger partial charge in [-0.25, -0.2) is 0 Å². The highest BCUT2D eigenvalue weighted by Gasteiger charge is 2.20. The second-order valence-corrected chi connectivity index (χ2v) is 4.92. The highest BCUT2D eigenvalue weighted by atomic mass is 15.2. The van der Waals surface area contributed by atoms with Crippen LogP contribution in [0.5, 0.6) is 0 Å². The summed E-state index contributed by atoms with van der Waals surface area (Å²) in [6.45, 7) is 7.08. The van der Waals surface area contributed by atoms with Crippen LogP contribution in [0.25, 0.3) is 0 Å². The Bertz CT molecular complexity index is 304. The van der Waals surface area contributed by atoms with Gasteiger partial charge >= 0.3 is 0 Å². The molecule has 1 aromatic rings. The van der Waals surface area contributed by atoms with Gasteiger partial charge in [0.1, 0.15) is 0 Å². The Labute approximate surface area is 105 Å². The SMILES string of the molecule is CCCN(CCc1ccccc1)C1CCNC1. The first-order valence-corrected chi connectivity index (χ1v) is 6.89. The quantitative estimate of drug-likeness (QED) is 0.809. The Hall–Kier alpha value is -0.860.